The molecule has 4 rings (SSSR count). The van der Waals surface area contributed by atoms with Crippen molar-refractivity contribution in [3.8, 4) is 0 Å². The van der Waals surface area contributed by atoms with Crippen LogP contribution in [0.15, 0.2) is 42.5 Å². The maximum absolute atomic E-state index is 13.3. The summed E-state index contributed by atoms with van der Waals surface area (Å²) < 4.78 is 40.9. The van der Waals surface area contributed by atoms with Crippen molar-refractivity contribution in [2.45, 2.75) is 38.3 Å². The van der Waals surface area contributed by atoms with E-state index in [9.17, 15) is 13.2 Å². The maximum atomic E-state index is 13.3. The predicted molar refractivity (Wildman–Crippen MR) is 101 cm³/mol. The van der Waals surface area contributed by atoms with Crippen molar-refractivity contribution < 1.29 is 13.2 Å². The van der Waals surface area contributed by atoms with Crippen LogP contribution in [-0.2, 0) is 12.6 Å². The minimum atomic E-state index is -4.45. The van der Waals surface area contributed by atoms with Gasteiger partial charge in [-0.3, -0.25) is 0 Å². The highest BCUT2D eigenvalue weighted by Crippen LogP contribution is 2.32. The Morgan fingerprint density at radius 3 is 2.68 bits per heavy atom. The van der Waals surface area contributed by atoms with E-state index in [0.717, 1.165) is 49.5 Å². The molecule has 3 aromatic rings. The summed E-state index contributed by atoms with van der Waals surface area (Å²) in [5, 5.41) is 4.27. The average molecular weight is 388 g/mol. The highest BCUT2D eigenvalue weighted by molar-refractivity contribution is 5.43. The summed E-state index contributed by atoms with van der Waals surface area (Å²) in [6, 6.07) is 13.1. The van der Waals surface area contributed by atoms with Crippen LogP contribution in [0.3, 0.4) is 0 Å². The Morgan fingerprint density at radius 2 is 1.93 bits per heavy atom. The lowest BCUT2D eigenvalue weighted by molar-refractivity contribution is -0.142. The van der Waals surface area contributed by atoms with Crippen molar-refractivity contribution in [1.82, 2.24) is 19.5 Å². The summed E-state index contributed by atoms with van der Waals surface area (Å²) in [4.78, 5) is 6.61. The molecule has 0 saturated carbocycles. The van der Waals surface area contributed by atoms with Gasteiger partial charge >= 0.3 is 6.18 Å². The SMILES string of the molecule is Cc1cc(C(F)(F)F)n2nc(C3CCN(CCCc4ccccc4)C3)cc2n1. The second-order valence-electron chi connectivity index (χ2n) is 7.50. The number of hydrogen-bond donors (Lipinski definition) is 0. The second-order valence-corrected chi connectivity index (χ2v) is 7.50. The van der Waals surface area contributed by atoms with Gasteiger partial charge in [-0.05, 0) is 50.9 Å². The van der Waals surface area contributed by atoms with Gasteiger partial charge in [0.1, 0.15) is 5.69 Å². The van der Waals surface area contributed by atoms with Crippen LogP contribution < -0.4 is 0 Å². The van der Waals surface area contributed by atoms with E-state index < -0.39 is 11.9 Å². The molecule has 0 aliphatic carbocycles. The molecule has 1 aliphatic rings. The van der Waals surface area contributed by atoms with Crippen LogP contribution in [-0.4, -0.2) is 39.1 Å². The first-order valence-corrected chi connectivity index (χ1v) is 9.61. The van der Waals surface area contributed by atoms with Crippen LogP contribution in [0.2, 0.25) is 0 Å². The fourth-order valence-electron chi connectivity index (χ4n) is 3.95. The molecular weight excluding hydrogens is 365 g/mol. The first-order chi connectivity index (χ1) is 13.4. The van der Waals surface area contributed by atoms with Crippen molar-refractivity contribution in [3.05, 3.63) is 65.1 Å². The van der Waals surface area contributed by atoms with E-state index in [4.69, 9.17) is 0 Å². The maximum Gasteiger partial charge on any atom is 0.433 e. The number of halogens is 3. The molecule has 2 aromatic heterocycles. The van der Waals surface area contributed by atoms with E-state index in [1.165, 1.54) is 5.56 Å². The minimum Gasteiger partial charge on any atom is -0.303 e. The average Bonchev–Trinajstić information content (AvgIpc) is 3.27. The summed E-state index contributed by atoms with van der Waals surface area (Å²) >= 11 is 0. The molecule has 3 heterocycles. The van der Waals surface area contributed by atoms with Gasteiger partial charge in [-0.15, -0.1) is 0 Å². The largest absolute Gasteiger partial charge is 0.433 e. The molecule has 1 aromatic carbocycles. The Balaban J connectivity index is 1.43. The molecule has 1 saturated heterocycles. The lowest BCUT2D eigenvalue weighted by Crippen LogP contribution is -2.22. The number of likely N-dealkylation sites (tertiary alicyclic amines) is 1. The van der Waals surface area contributed by atoms with Crippen LogP contribution >= 0.6 is 0 Å². The third-order valence-corrected chi connectivity index (χ3v) is 5.34. The quantitative estimate of drug-likeness (QED) is 0.646. The van der Waals surface area contributed by atoms with Crippen LogP contribution in [0.25, 0.3) is 5.65 Å². The summed E-state index contributed by atoms with van der Waals surface area (Å²) in [6.45, 7) is 4.35. The molecule has 0 spiro atoms. The van der Waals surface area contributed by atoms with Gasteiger partial charge in [-0.2, -0.15) is 18.3 Å². The molecule has 1 fully saturated rings. The number of fused-ring (bicyclic) bond motifs is 1. The lowest BCUT2D eigenvalue weighted by Gasteiger charge is -2.15. The van der Waals surface area contributed by atoms with Gasteiger partial charge in [0, 0.05) is 24.2 Å². The zero-order valence-corrected chi connectivity index (χ0v) is 15.8. The molecule has 0 bridgehead atoms. The minimum absolute atomic E-state index is 0.153. The van der Waals surface area contributed by atoms with Gasteiger partial charge in [-0.1, -0.05) is 30.3 Å². The Hall–Kier alpha value is -2.41. The van der Waals surface area contributed by atoms with E-state index in [0.29, 0.717) is 11.4 Å². The van der Waals surface area contributed by atoms with E-state index >= 15 is 0 Å². The van der Waals surface area contributed by atoms with Gasteiger partial charge in [0.05, 0.1) is 5.69 Å². The lowest BCUT2D eigenvalue weighted by atomic mass is 10.1. The fraction of sp³-hybridized carbons (Fsp3) is 0.429. The predicted octanol–water partition coefficient (Wildman–Crippen LogP) is 4.48. The van der Waals surface area contributed by atoms with Gasteiger partial charge in [-0.25, -0.2) is 9.50 Å². The van der Waals surface area contributed by atoms with Crippen molar-refractivity contribution in [3.63, 3.8) is 0 Å². The molecule has 0 radical (unpaired) electrons. The van der Waals surface area contributed by atoms with Gasteiger partial charge in [0.15, 0.2) is 5.65 Å². The molecule has 1 atom stereocenters. The van der Waals surface area contributed by atoms with E-state index in [1.54, 1.807) is 13.0 Å². The number of nitrogens with zero attached hydrogens (tertiary/aromatic N) is 4. The van der Waals surface area contributed by atoms with E-state index in [1.807, 2.05) is 6.07 Å². The van der Waals surface area contributed by atoms with Gasteiger partial charge < -0.3 is 4.90 Å². The number of hydrogen-bond acceptors (Lipinski definition) is 3. The van der Waals surface area contributed by atoms with Crippen LogP contribution in [0.5, 0.6) is 0 Å². The Bertz CT molecular complexity index is 949. The molecule has 0 N–H and O–H groups in total. The first kappa shape index (κ1) is 18.9. The molecule has 148 valence electrons. The third-order valence-electron chi connectivity index (χ3n) is 5.34. The van der Waals surface area contributed by atoms with Gasteiger partial charge in [0.2, 0.25) is 0 Å². The molecule has 1 aliphatic heterocycles. The van der Waals surface area contributed by atoms with Crippen LogP contribution in [0.1, 0.15) is 41.4 Å². The standard InChI is InChI=1S/C21H23F3N4/c1-15-12-19(21(22,23)24)28-20(25-15)13-18(26-28)17-9-11-27(14-17)10-5-8-16-6-3-2-4-7-16/h2-4,6-7,12-13,17H,5,8-11,14H2,1H3. The number of alkyl halides is 3. The van der Waals surface area contributed by atoms with E-state index in [2.05, 4.69) is 39.2 Å². The van der Waals surface area contributed by atoms with Crippen LogP contribution in [0, 0.1) is 6.92 Å². The highest BCUT2D eigenvalue weighted by atomic mass is 19.4. The Morgan fingerprint density at radius 1 is 1.14 bits per heavy atom. The monoisotopic (exact) mass is 388 g/mol. The van der Waals surface area contributed by atoms with E-state index in [-0.39, 0.29) is 11.6 Å². The summed E-state index contributed by atoms with van der Waals surface area (Å²) in [6.07, 6.45) is -1.43. The molecule has 28 heavy (non-hydrogen) atoms. The van der Waals surface area contributed by atoms with Crippen molar-refractivity contribution in [1.29, 1.82) is 0 Å². The van der Waals surface area contributed by atoms with Crippen molar-refractivity contribution >= 4 is 5.65 Å². The second kappa shape index (κ2) is 7.54. The summed E-state index contributed by atoms with van der Waals surface area (Å²) in [5.74, 6) is 0.153. The summed E-state index contributed by atoms with van der Waals surface area (Å²) in [7, 11) is 0. The molecule has 7 heteroatoms. The Labute approximate surface area is 162 Å². The van der Waals surface area contributed by atoms with Crippen LogP contribution in [0.4, 0.5) is 13.2 Å². The zero-order valence-electron chi connectivity index (χ0n) is 15.8. The van der Waals surface area contributed by atoms with Crippen molar-refractivity contribution in [2.24, 2.45) is 0 Å². The first-order valence-electron chi connectivity index (χ1n) is 9.61. The number of aryl methyl sites for hydroxylation is 2. The van der Waals surface area contributed by atoms with Gasteiger partial charge in [0.25, 0.3) is 0 Å². The molecular formula is C21H23F3N4. The topological polar surface area (TPSA) is 33.4 Å². The fourth-order valence-corrected chi connectivity index (χ4v) is 3.95. The number of aromatic nitrogens is 3. The normalized spacial score (nSPS) is 18.2. The highest BCUT2D eigenvalue weighted by Gasteiger charge is 2.35. The molecule has 0 amide bonds. The summed E-state index contributed by atoms with van der Waals surface area (Å²) in [5.41, 5.74) is 1.89. The number of rotatable bonds is 5. The Kier molecular flexibility index (Phi) is 5.10. The number of benzene rings is 1. The third kappa shape index (κ3) is 4.04. The molecule has 4 nitrogen and oxygen atoms in total. The zero-order chi connectivity index (χ0) is 19.7. The van der Waals surface area contributed by atoms with Crippen molar-refractivity contribution in [2.75, 3.05) is 19.6 Å². The smallest absolute Gasteiger partial charge is 0.303 e. The molecule has 1 unspecified atom stereocenters.